The van der Waals surface area contributed by atoms with Gasteiger partial charge in [0.2, 0.25) is 0 Å². The van der Waals surface area contributed by atoms with Gasteiger partial charge in [-0.25, -0.2) is 0 Å². The molecule has 1 aromatic heterocycles. The number of carbonyl (C=O) groups excluding carboxylic acids is 1. The molecule has 6 heteroatoms. The van der Waals surface area contributed by atoms with Gasteiger partial charge in [-0.1, -0.05) is 35.6 Å². The molecule has 0 aliphatic heterocycles. The van der Waals surface area contributed by atoms with Gasteiger partial charge in [-0.15, -0.1) is 0 Å². The Hall–Kier alpha value is -3.22. The van der Waals surface area contributed by atoms with E-state index in [1.807, 2.05) is 37.3 Å². The largest absolute Gasteiger partial charge is 0.457 e. The Morgan fingerprint density at radius 2 is 1.74 bits per heavy atom. The molecular formula is C25H24N2O3S. The Bertz CT molecular complexity index is 1240. The second-order valence-electron chi connectivity index (χ2n) is 7.06. The van der Waals surface area contributed by atoms with Crippen LogP contribution in [0.5, 0.6) is 11.5 Å². The van der Waals surface area contributed by atoms with Gasteiger partial charge in [0.25, 0.3) is 5.91 Å². The van der Waals surface area contributed by atoms with Gasteiger partial charge in [0, 0.05) is 18.7 Å². The maximum atomic E-state index is 12.9. The van der Waals surface area contributed by atoms with Crippen LogP contribution in [0.4, 0.5) is 0 Å². The van der Waals surface area contributed by atoms with Crippen LogP contribution >= 0.6 is 11.3 Å². The number of rotatable bonds is 7. The molecular weight excluding hydrogens is 408 g/mol. The highest BCUT2D eigenvalue weighted by molar-refractivity contribution is 7.16. The van der Waals surface area contributed by atoms with E-state index in [1.54, 1.807) is 24.3 Å². The Morgan fingerprint density at radius 1 is 1.00 bits per heavy atom. The number of hydrogen-bond donors (Lipinski definition) is 0. The van der Waals surface area contributed by atoms with E-state index in [0.29, 0.717) is 35.9 Å². The van der Waals surface area contributed by atoms with Crippen LogP contribution in [-0.2, 0) is 11.3 Å². The van der Waals surface area contributed by atoms with Crippen molar-refractivity contribution in [3.8, 4) is 11.5 Å². The van der Waals surface area contributed by atoms with Gasteiger partial charge < -0.3 is 14.0 Å². The summed E-state index contributed by atoms with van der Waals surface area (Å²) in [7, 11) is 0. The smallest absolute Gasteiger partial charge is 0.279 e. The van der Waals surface area contributed by atoms with Crippen LogP contribution in [0.3, 0.4) is 0 Å². The van der Waals surface area contributed by atoms with Crippen LogP contribution in [0, 0.1) is 6.92 Å². The van der Waals surface area contributed by atoms with Crippen molar-refractivity contribution < 1.29 is 14.3 Å². The maximum absolute atomic E-state index is 12.9. The van der Waals surface area contributed by atoms with E-state index in [1.165, 1.54) is 16.9 Å². The number of amides is 1. The molecule has 3 aromatic carbocycles. The second kappa shape index (κ2) is 9.73. The molecule has 0 N–H and O–H groups in total. The third-order valence-corrected chi connectivity index (χ3v) is 5.82. The Kier molecular flexibility index (Phi) is 6.60. The number of aryl methyl sites for hydroxylation is 1. The molecule has 0 unspecified atom stereocenters. The highest BCUT2D eigenvalue weighted by atomic mass is 32.1. The molecule has 0 bridgehead atoms. The lowest BCUT2D eigenvalue weighted by molar-refractivity contribution is 0.0996. The average molecular weight is 433 g/mol. The minimum absolute atomic E-state index is 0.278. The van der Waals surface area contributed by atoms with Crippen molar-refractivity contribution in [2.24, 2.45) is 4.99 Å². The van der Waals surface area contributed by atoms with Crippen LogP contribution in [-0.4, -0.2) is 23.7 Å². The van der Waals surface area contributed by atoms with E-state index < -0.39 is 0 Å². The second-order valence-corrected chi connectivity index (χ2v) is 8.07. The first-order chi connectivity index (χ1) is 15.1. The number of benzene rings is 3. The number of fused-ring (bicyclic) bond motifs is 1. The molecule has 4 rings (SSSR count). The molecule has 0 spiro atoms. The molecule has 1 amide bonds. The van der Waals surface area contributed by atoms with E-state index in [0.717, 1.165) is 16.0 Å². The van der Waals surface area contributed by atoms with Crippen molar-refractivity contribution in [1.82, 2.24) is 4.57 Å². The molecule has 31 heavy (non-hydrogen) atoms. The van der Waals surface area contributed by atoms with E-state index in [9.17, 15) is 4.79 Å². The summed E-state index contributed by atoms with van der Waals surface area (Å²) in [6.45, 7) is 5.91. The number of aromatic nitrogens is 1. The lowest BCUT2D eigenvalue weighted by atomic mass is 10.2. The normalized spacial score (nSPS) is 11.7. The fraction of sp³-hybridized carbons (Fsp3) is 0.200. The van der Waals surface area contributed by atoms with Crippen LogP contribution in [0.15, 0.2) is 77.8 Å². The van der Waals surface area contributed by atoms with E-state index in [2.05, 4.69) is 34.7 Å². The van der Waals surface area contributed by atoms with Crippen molar-refractivity contribution in [1.29, 1.82) is 0 Å². The fourth-order valence-corrected chi connectivity index (χ4v) is 4.38. The van der Waals surface area contributed by atoms with Gasteiger partial charge in [0.1, 0.15) is 11.5 Å². The molecule has 0 radical (unpaired) electrons. The van der Waals surface area contributed by atoms with Crippen LogP contribution < -0.4 is 9.54 Å². The van der Waals surface area contributed by atoms with Gasteiger partial charge in [-0.2, -0.15) is 4.99 Å². The first-order valence-electron chi connectivity index (χ1n) is 10.2. The number of para-hydroxylation sites is 1. The van der Waals surface area contributed by atoms with Crippen molar-refractivity contribution in [3.05, 3.63) is 88.7 Å². The molecule has 5 nitrogen and oxygen atoms in total. The summed E-state index contributed by atoms with van der Waals surface area (Å²) in [6, 6.07) is 22.9. The lowest BCUT2D eigenvalue weighted by Gasteiger charge is -2.06. The van der Waals surface area contributed by atoms with Crippen LogP contribution in [0.2, 0.25) is 0 Å². The minimum atomic E-state index is -0.278. The minimum Gasteiger partial charge on any atom is -0.457 e. The third-order valence-electron chi connectivity index (χ3n) is 4.78. The fourth-order valence-electron chi connectivity index (χ4n) is 3.22. The number of carbonyl (C=O) groups is 1. The zero-order valence-corrected chi connectivity index (χ0v) is 18.4. The van der Waals surface area contributed by atoms with Gasteiger partial charge in [-0.3, -0.25) is 4.79 Å². The van der Waals surface area contributed by atoms with E-state index >= 15 is 0 Å². The first-order valence-corrected chi connectivity index (χ1v) is 11.1. The molecule has 0 aliphatic carbocycles. The van der Waals surface area contributed by atoms with Gasteiger partial charge in [-0.05, 0) is 67.9 Å². The van der Waals surface area contributed by atoms with E-state index in [4.69, 9.17) is 9.47 Å². The number of thiazole rings is 1. The van der Waals surface area contributed by atoms with Crippen molar-refractivity contribution >= 4 is 27.5 Å². The topological polar surface area (TPSA) is 52.8 Å². The highest BCUT2D eigenvalue weighted by Gasteiger charge is 2.10. The van der Waals surface area contributed by atoms with Crippen molar-refractivity contribution in [3.63, 3.8) is 0 Å². The Morgan fingerprint density at radius 3 is 2.48 bits per heavy atom. The number of ether oxygens (including phenoxy) is 2. The van der Waals surface area contributed by atoms with Crippen molar-refractivity contribution in [2.45, 2.75) is 20.4 Å². The maximum Gasteiger partial charge on any atom is 0.279 e. The molecule has 0 saturated carbocycles. The summed E-state index contributed by atoms with van der Waals surface area (Å²) in [5.41, 5.74) is 2.76. The van der Waals surface area contributed by atoms with E-state index in [-0.39, 0.29) is 5.91 Å². The summed E-state index contributed by atoms with van der Waals surface area (Å²) in [4.78, 5) is 18.0. The lowest BCUT2D eigenvalue weighted by Crippen LogP contribution is -2.19. The zero-order chi connectivity index (χ0) is 21.6. The molecule has 158 valence electrons. The summed E-state index contributed by atoms with van der Waals surface area (Å²) < 4.78 is 14.5. The molecule has 1 heterocycles. The van der Waals surface area contributed by atoms with Gasteiger partial charge in [0.05, 0.1) is 16.8 Å². The Balaban J connectivity index is 1.61. The number of nitrogens with zero attached hydrogens (tertiary/aromatic N) is 2. The summed E-state index contributed by atoms with van der Waals surface area (Å²) in [5, 5.41) is 0. The van der Waals surface area contributed by atoms with Gasteiger partial charge in [0.15, 0.2) is 4.80 Å². The average Bonchev–Trinajstić information content (AvgIpc) is 3.11. The quantitative estimate of drug-likeness (QED) is 0.358. The highest BCUT2D eigenvalue weighted by Crippen LogP contribution is 2.22. The molecule has 0 aliphatic rings. The molecule has 0 saturated heterocycles. The predicted molar refractivity (Wildman–Crippen MR) is 124 cm³/mol. The number of hydrogen-bond acceptors (Lipinski definition) is 4. The van der Waals surface area contributed by atoms with Crippen LogP contribution in [0.1, 0.15) is 22.8 Å². The van der Waals surface area contributed by atoms with Gasteiger partial charge >= 0.3 is 0 Å². The van der Waals surface area contributed by atoms with Crippen molar-refractivity contribution in [2.75, 3.05) is 13.2 Å². The Labute approximate surface area is 185 Å². The zero-order valence-electron chi connectivity index (χ0n) is 17.6. The molecule has 4 aromatic rings. The molecule has 0 atom stereocenters. The SMILES string of the molecule is CCOCCn1c(=NC(=O)c2ccc(Oc3ccccc3)cc2)sc2cc(C)ccc21. The first kappa shape index (κ1) is 21.0. The summed E-state index contributed by atoms with van der Waals surface area (Å²) in [5.74, 6) is 1.15. The monoisotopic (exact) mass is 432 g/mol. The predicted octanol–water partition coefficient (Wildman–Crippen LogP) is 5.58. The van der Waals surface area contributed by atoms with Crippen LogP contribution in [0.25, 0.3) is 10.2 Å². The summed E-state index contributed by atoms with van der Waals surface area (Å²) >= 11 is 1.52. The standard InChI is InChI=1S/C25H24N2O3S/c1-3-29-16-15-27-22-14-9-18(2)17-23(22)31-25(27)26-24(28)19-10-12-21(13-11-19)30-20-7-5-4-6-8-20/h4-14,17H,3,15-16H2,1-2H3. The summed E-state index contributed by atoms with van der Waals surface area (Å²) in [6.07, 6.45) is 0. The third kappa shape index (κ3) is 5.10. The molecule has 0 fully saturated rings.